The van der Waals surface area contributed by atoms with Gasteiger partial charge in [-0.05, 0) is 28.7 Å². The molecule has 1 aliphatic rings. The molecule has 1 aromatic heterocycles. The van der Waals surface area contributed by atoms with Crippen molar-refractivity contribution in [2.75, 3.05) is 6.54 Å². The van der Waals surface area contributed by atoms with Gasteiger partial charge in [0.05, 0.1) is 38.2 Å². The van der Waals surface area contributed by atoms with E-state index in [1.165, 1.54) is 38.5 Å². The Hall–Kier alpha value is -4.22. The van der Waals surface area contributed by atoms with Crippen LogP contribution in [0.15, 0.2) is 128 Å². The molecule has 1 fully saturated rings. The SMILES string of the molecule is CCCCCCCCCn1cc(CCN[C@@H]2[C@@H](O)[C@H](OCc3ccccc3)[C@@H](OCc3ccccc3)[C@H](OCc3ccccc3)[C@H]2OCc2ccccc2)nn1. The zero-order chi connectivity index (χ0) is 38.6. The molecule has 0 bridgehead atoms. The Labute approximate surface area is 333 Å². The zero-order valence-electron chi connectivity index (χ0n) is 32.9. The highest BCUT2D eigenvalue weighted by molar-refractivity contribution is 5.18. The van der Waals surface area contributed by atoms with E-state index < -0.39 is 36.6 Å². The van der Waals surface area contributed by atoms with Gasteiger partial charge in [0.15, 0.2) is 0 Å². The number of nitrogens with zero attached hydrogens (tertiary/aromatic N) is 3. The minimum Gasteiger partial charge on any atom is -0.389 e. The number of nitrogens with one attached hydrogen (secondary N) is 1. The van der Waals surface area contributed by atoms with E-state index in [2.05, 4.69) is 34.7 Å². The van der Waals surface area contributed by atoms with Crippen LogP contribution in [0, 0.1) is 0 Å². The van der Waals surface area contributed by atoms with Gasteiger partial charge in [-0.25, -0.2) is 0 Å². The Bertz CT molecular complexity index is 1760. The first-order valence-electron chi connectivity index (χ1n) is 20.6. The highest BCUT2D eigenvalue weighted by Gasteiger charge is 2.53. The van der Waals surface area contributed by atoms with E-state index in [1.54, 1.807) is 0 Å². The fraction of sp³-hybridized carbons (Fsp3) is 0.447. The van der Waals surface area contributed by atoms with Gasteiger partial charge in [-0.1, -0.05) is 172 Å². The van der Waals surface area contributed by atoms with Crippen molar-refractivity contribution in [3.63, 3.8) is 0 Å². The second-order valence-electron chi connectivity index (χ2n) is 14.9. The summed E-state index contributed by atoms with van der Waals surface area (Å²) in [7, 11) is 0. The van der Waals surface area contributed by atoms with E-state index >= 15 is 0 Å². The molecule has 298 valence electrons. The number of hydrogen-bond acceptors (Lipinski definition) is 8. The third-order valence-electron chi connectivity index (χ3n) is 10.5. The summed E-state index contributed by atoms with van der Waals surface area (Å²) in [5.74, 6) is 0. The van der Waals surface area contributed by atoms with Crippen molar-refractivity contribution in [2.24, 2.45) is 0 Å². The lowest BCUT2D eigenvalue weighted by Crippen LogP contribution is -2.69. The van der Waals surface area contributed by atoms with Gasteiger partial charge in [-0.15, -0.1) is 5.10 Å². The summed E-state index contributed by atoms with van der Waals surface area (Å²) in [5.41, 5.74) is 5.00. The number of aliphatic hydroxyl groups is 1. The lowest BCUT2D eigenvalue weighted by molar-refractivity contribution is -0.250. The standard InChI is InChI=1S/C47H60N4O5/c1-2-3-4-5-6-7-20-31-51-32-41(49-50-51)29-30-48-42-43(52)45(54-34-38-23-14-9-15-24-38)47(56-36-40-27-18-11-19-28-40)46(55-35-39-25-16-10-17-26-39)44(42)53-33-37-21-12-8-13-22-37/h8-19,21-28,32,42-48,52H,2-7,20,29-31,33-36H2,1H3/t42-,43-,44+,45+,46-,47-/m1/s1. The van der Waals surface area contributed by atoms with Gasteiger partial charge >= 0.3 is 0 Å². The topological polar surface area (TPSA) is 99.9 Å². The molecule has 0 spiro atoms. The summed E-state index contributed by atoms with van der Waals surface area (Å²) >= 11 is 0. The predicted octanol–water partition coefficient (Wildman–Crippen LogP) is 8.25. The minimum absolute atomic E-state index is 0.309. The number of aliphatic hydroxyl groups excluding tert-OH is 1. The van der Waals surface area contributed by atoms with Crippen LogP contribution >= 0.6 is 0 Å². The Morgan fingerprint density at radius 1 is 0.554 bits per heavy atom. The first-order chi connectivity index (χ1) is 27.7. The van der Waals surface area contributed by atoms with Crippen molar-refractivity contribution >= 4 is 0 Å². The van der Waals surface area contributed by atoms with Crippen LogP contribution in [0.4, 0.5) is 0 Å². The Morgan fingerprint density at radius 2 is 0.982 bits per heavy atom. The zero-order valence-corrected chi connectivity index (χ0v) is 32.9. The number of rotatable bonds is 24. The molecule has 4 aromatic carbocycles. The summed E-state index contributed by atoms with van der Waals surface area (Å²) < 4.78 is 29.1. The molecule has 9 nitrogen and oxygen atoms in total. The van der Waals surface area contributed by atoms with Crippen LogP contribution < -0.4 is 5.32 Å². The Kier molecular flexibility index (Phi) is 17.1. The van der Waals surface area contributed by atoms with Crippen LogP contribution in [-0.4, -0.2) is 63.2 Å². The molecule has 0 saturated heterocycles. The van der Waals surface area contributed by atoms with Crippen molar-refractivity contribution in [1.29, 1.82) is 0 Å². The molecule has 9 heteroatoms. The molecule has 0 amide bonds. The molecule has 0 radical (unpaired) electrons. The maximum Gasteiger partial charge on any atom is 0.115 e. The molecule has 56 heavy (non-hydrogen) atoms. The molecule has 6 atom stereocenters. The molecular formula is C47H60N4O5. The maximum absolute atomic E-state index is 12.4. The van der Waals surface area contributed by atoms with E-state index in [4.69, 9.17) is 18.9 Å². The quantitative estimate of drug-likeness (QED) is 0.0607. The molecule has 0 aliphatic heterocycles. The number of ether oxygens (including phenoxy) is 4. The second kappa shape index (κ2) is 23.1. The fourth-order valence-corrected chi connectivity index (χ4v) is 7.41. The summed E-state index contributed by atoms with van der Waals surface area (Å²) in [6.07, 6.45) is 7.97. The monoisotopic (exact) mass is 760 g/mol. The van der Waals surface area contributed by atoms with Gasteiger partial charge in [0.1, 0.15) is 30.5 Å². The number of benzene rings is 4. The van der Waals surface area contributed by atoms with Gasteiger partial charge in [0.2, 0.25) is 0 Å². The van der Waals surface area contributed by atoms with Crippen LogP contribution in [0.25, 0.3) is 0 Å². The molecule has 2 N–H and O–H groups in total. The Morgan fingerprint density at radius 3 is 1.48 bits per heavy atom. The van der Waals surface area contributed by atoms with Crippen LogP contribution in [0.5, 0.6) is 0 Å². The molecule has 6 rings (SSSR count). The average Bonchev–Trinajstić information content (AvgIpc) is 3.70. The number of aryl methyl sites for hydroxylation is 1. The van der Waals surface area contributed by atoms with Crippen LogP contribution in [-0.2, 0) is 58.3 Å². The van der Waals surface area contributed by atoms with Crippen molar-refractivity contribution in [3.8, 4) is 0 Å². The fourth-order valence-electron chi connectivity index (χ4n) is 7.41. The number of hydrogen-bond donors (Lipinski definition) is 2. The predicted molar refractivity (Wildman–Crippen MR) is 220 cm³/mol. The summed E-state index contributed by atoms with van der Waals surface area (Å²) in [4.78, 5) is 0. The Balaban J connectivity index is 1.22. The van der Waals surface area contributed by atoms with Gasteiger partial charge in [-0.2, -0.15) is 0 Å². The third kappa shape index (κ3) is 12.9. The van der Waals surface area contributed by atoms with Crippen LogP contribution in [0.2, 0.25) is 0 Å². The van der Waals surface area contributed by atoms with Gasteiger partial charge in [0.25, 0.3) is 0 Å². The lowest BCUT2D eigenvalue weighted by atomic mass is 9.82. The molecule has 5 aromatic rings. The lowest BCUT2D eigenvalue weighted by Gasteiger charge is -2.49. The largest absolute Gasteiger partial charge is 0.389 e. The van der Waals surface area contributed by atoms with Gasteiger partial charge < -0.3 is 29.4 Å². The van der Waals surface area contributed by atoms with Crippen LogP contribution in [0.1, 0.15) is 79.8 Å². The third-order valence-corrected chi connectivity index (χ3v) is 10.5. The molecule has 0 unspecified atom stereocenters. The molecule has 1 saturated carbocycles. The van der Waals surface area contributed by atoms with Crippen molar-refractivity contribution in [2.45, 2.75) is 128 Å². The van der Waals surface area contributed by atoms with Gasteiger partial charge in [0, 0.05) is 25.7 Å². The van der Waals surface area contributed by atoms with Crippen molar-refractivity contribution in [3.05, 3.63) is 155 Å². The highest BCUT2D eigenvalue weighted by atomic mass is 16.6. The minimum atomic E-state index is -0.982. The van der Waals surface area contributed by atoms with E-state index in [-0.39, 0.29) is 0 Å². The van der Waals surface area contributed by atoms with E-state index in [0.717, 1.165) is 40.9 Å². The van der Waals surface area contributed by atoms with E-state index in [0.29, 0.717) is 39.4 Å². The van der Waals surface area contributed by atoms with E-state index in [9.17, 15) is 5.11 Å². The summed E-state index contributed by atoms with van der Waals surface area (Å²) in [6, 6.07) is 39.8. The normalized spacial score (nSPS) is 21.0. The number of aromatic nitrogens is 3. The van der Waals surface area contributed by atoms with Gasteiger partial charge in [-0.3, -0.25) is 4.68 Å². The smallest absolute Gasteiger partial charge is 0.115 e. The first-order valence-corrected chi connectivity index (χ1v) is 20.6. The summed E-state index contributed by atoms with van der Waals surface area (Å²) in [5, 5.41) is 25.0. The van der Waals surface area contributed by atoms with Crippen LogP contribution in [0.3, 0.4) is 0 Å². The molecular weight excluding hydrogens is 701 g/mol. The molecule has 1 aliphatic carbocycles. The number of unbranched alkanes of at least 4 members (excludes halogenated alkanes) is 6. The highest BCUT2D eigenvalue weighted by Crippen LogP contribution is 2.33. The van der Waals surface area contributed by atoms with E-state index in [1.807, 2.05) is 120 Å². The van der Waals surface area contributed by atoms with Crippen molar-refractivity contribution in [1.82, 2.24) is 20.3 Å². The van der Waals surface area contributed by atoms with Crippen molar-refractivity contribution < 1.29 is 24.1 Å². The second-order valence-corrected chi connectivity index (χ2v) is 14.9. The average molecular weight is 761 g/mol. The maximum atomic E-state index is 12.4. The first kappa shape index (κ1) is 41.4. The molecule has 1 heterocycles. The summed E-state index contributed by atoms with van der Waals surface area (Å²) in [6.45, 7) is 5.00.